The van der Waals surface area contributed by atoms with E-state index in [0.717, 1.165) is 5.56 Å². The minimum absolute atomic E-state index is 0.0279. The Morgan fingerprint density at radius 1 is 1.00 bits per heavy atom. The summed E-state index contributed by atoms with van der Waals surface area (Å²) in [7, 11) is 0. The number of halogens is 1. The topological polar surface area (TPSA) is 17.1 Å². The lowest BCUT2D eigenvalue weighted by Crippen LogP contribution is -1.90. The zero-order chi connectivity index (χ0) is 13.8. The standard InChI is InChI=1S/C17H13FO/c1-12-3-4-15(11-17(12)18)6-5-14-7-9-16(10-8-14)13(2)19/h3-4,7-11H,1-2H3. The van der Waals surface area contributed by atoms with Crippen molar-refractivity contribution in [3.05, 3.63) is 70.5 Å². The van der Waals surface area contributed by atoms with Crippen LogP contribution in [-0.2, 0) is 0 Å². The van der Waals surface area contributed by atoms with Crippen LogP contribution in [0.2, 0.25) is 0 Å². The van der Waals surface area contributed by atoms with Crippen molar-refractivity contribution in [3.8, 4) is 11.8 Å². The molecule has 0 saturated heterocycles. The molecular formula is C17H13FO. The van der Waals surface area contributed by atoms with E-state index in [2.05, 4.69) is 11.8 Å². The Bertz CT molecular complexity index is 673. The molecule has 0 spiro atoms. The zero-order valence-corrected chi connectivity index (χ0v) is 10.8. The van der Waals surface area contributed by atoms with Gasteiger partial charge in [-0.25, -0.2) is 4.39 Å². The lowest BCUT2D eigenvalue weighted by molar-refractivity contribution is 0.101. The molecule has 0 heterocycles. The maximum Gasteiger partial charge on any atom is 0.159 e. The lowest BCUT2D eigenvalue weighted by atomic mass is 10.1. The van der Waals surface area contributed by atoms with E-state index in [0.29, 0.717) is 16.7 Å². The smallest absolute Gasteiger partial charge is 0.159 e. The van der Waals surface area contributed by atoms with Gasteiger partial charge in [0.15, 0.2) is 5.78 Å². The highest BCUT2D eigenvalue weighted by Gasteiger charge is 1.98. The quantitative estimate of drug-likeness (QED) is 0.558. The first kappa shape index (κ1) is 13.0. The molecule has 19 heavy (non-hydrogen) atoms. The maximum absolute atomic E-state index is 13.3. The third-order valence-corrected chi connectivity index (χ3v) is 2.81. The van der Waals surface area contributed by atoms with Gasteiger partial charge in [-0.3, -0.25) is 4.79 Å². The van der Waals surface area contributed by atoms with Crippen LogP contribution in [0.15, 0.2) is 42.5 Å². The average molecular weight is 252 g/mol. The van der Waals surface area contributed by atoms with Crippen LogP contribution in [0.4, 0.5) is 4.39 Å². The summed E-state index contributed by atoms with van der Waals surface area (Å²) in [5, 5.41) is 0. The van der Waals surface area contributed by atoms with Gasteiger partial charge < -0.3 is 0 Å². The Kier molecular flexibility index (Phi) is 3.77. The van der Waals surface area contributed by atoms with Gasteiger partial charge in [0.05, 0.1) is 0 Å². The third-order valence-electron chi connectivity index (χ3n) is 2.81. The Hall–Kier alpha value is -2.40. The fourth-order valence-electron chi connectivity index (χ4n) is 1.60. The normalized spacial score (nSPS) is 9.63. The number of carbonyl (C=O) groups is 1. The predicted octanol–water partition coefficient (Wildman–Crippen LogP) is 3.74. The SMILES string of the molecule is CC(=O)c1ccc(C#Cc2ccc(C)c(F)c2)cc1. The van der Waals surface area contributed by atoms with Crippen molar-refractivity contribution in [2.45, 2.75) is 13.8 Å². The van der Waals surface area contributed by atoms with Gasteiger partial charge in [0.25, 0.3) is 0 Å². The molecule has 0 aliphatic carbocycles. The first-order valence-electron chi connectivity index (χ1n) is 5.95. The summed E-state index contributed by atoms with van der Waals surface area (Å²) in [5.74, 6) is 5.63. The molecular weight excluding hydrogens is 239 g/mol. The Morgan fingerprint density at radius 2 is 1.58 bits per heavy atom. The molecule has 0 unspecified atom stereocenters. The summed E-state index contributed by atoms with van der Waals surface area (Å²) < 4.78 is 13.3. The first-order chi connectivity index (χ1) is 9.06. The van der Waals surface area contributed by atoms with Crippen molar-refractivity contribution < 1.29 is 9.18 Å². The highest BCUT2D eigenvalue weighted by molar-refractivity contribution is 5.94. The highest BCUT2D eigenvalue weighted by atomic mass is 19.1. The van der Waals surface area contributed by atoms with Gasteiger partial charge in [0.1, 0.15) is 5.82 Å². The van der Waals surface area contributed by atoms with E-state index in [1.165, 1.54) is 13.0 Å². The second kappa shape index (κ2) is 5.49. The van der Waals surface area contributed by atoms with Crippen LogP contribution >= 0.6 is 0 Å². The molecule has 0 bridgehead atoms. The predicted molar refractivity (Wildman–Crippen MR) is 73.6 cm³/mol. The van der Waals surface area contributed by atoms with E-state index in [4.69, 9.17) is 0 Å². The fourth-order valence-corrected chi connectivity index (χ4v) is 1.60. The second-order valence-corrected chi connectivity index (χ2v) is 4.35. The Labute approximate surface area is 112 Å². The molecule has 0 aromatic heterocycles. The molecule has 2 aromatic rings. The van der Waals surface area contributed by atoms with Gasteiger partial charge in [0.2, 0.25) is 0 Å². The third kappa shape index (κ3) is 3.29. The van der Waals surface area contributed by atoms with Crippen molar-refractivity contribution in [1.82, 2.24) is 0 Å². The van der Waals surface area contributed by atoms with E-state index in [1.54, 1.807) is 43.3 Å². The number of hydrogen-bond acceptors (Lipinski definition) is 1. The van der Waals surface area contributed by atoms with E-state index in [9.17, 15) is 9.18 Å². The molecule has 0 aliphatic heterocycles. The van der Waals surface area contributed by atoms with Gasteiger partial charge in [-0.2, -0.15) is 0 Å². The van der Waals surface area contributed by atoms with Crippen LogP contribution in [0.25, 0.3) is 0 Å². The number of benzene rings is 2. The largest absolute Gasteiger partial charge is 0.295 e. The van der Waals surface area contributed by atoms with Gasteiger partial charge in [-0.1, -0.05) is 30.0 Å². The van der Waals surface area contributed by atoms with Crippen LogP contribution < -0.4 is 0 Å². The number of Topliss-reactive ketones (excluding diaryl/α,β-unsaturated/α-hetero) is 1. The molecule has 0 radical (unpaired) electrons. The number of rotatable bonds is 1. The monoisotopic (exact) mass is 252 g/mol. The van der Waals surface area contributed by atoms with Crippen molar-refractivity contribution in [2.24, 2.45) is 0 Å². The fraction of sp³-hybridized carbons (Fsp3) is 0.118. The summed E-state index contributed by atoms with van der Waals surface area (Å²) >= 11 is 0. The number of aryl methyl sites for hydroxylation is 1. The van der Waals surface area contributed by atoms with Crippen molar-refractivity contribution in [3.63, 3.8) is 0 Å². The van der Waals surface area contributed by atoms with Crippen LogP contribution in [0.5, 0.6) is 0 Å². The molecule has 0 saturated carbocycles. The molecule has 0 amide bonds. The lowest BCUT2D eigenvalue weighted by Gasteiger charge is -1.96. The molecule has 94 valence electrons. The molecule has 2 rings (SSSR count). The van der Waals surface area contributed by atoms with Crippen molar-refractivity contribution in [1.29, 1.82) is 0 Å². The summed E-state index contributed by atoms with van der Waals surface area (Å²) in [6, 6.07) is 12.0. The molecule has 2 aromatic carbocycles. The maximum atomic E-state index is 13.3. The summed E-state index contributed by atoms with van der Waals surface area (Å²) in [4.78, 5) is 11.1. The van der Waals surface area contributed by atoms with Crippen LogP contribution in [0.3, 0.4) is 0 Å². The van der Waals surface area contributed by atoms with E-state index in [1.807, 2.05) is 0 Å². The zero-order valence-electron chi connectivity index (χ0n) is 10.8. The van der Waals surface area contributed by atoms with Gasteiger partial charge >= 0.3 is 0 Å². The first-order valence-corrected chi connectivity index (χ1v) is 5.95. The summed E-state index contributed by atoms with van der Waals surface area (Å²) in [6.07, 6.45) is 0. The minimum atomic E-state index is -0.251. The average Bonchev–Trinajstić information content (AvgIpc) is 2.40. The van der Waals surface area contributed by atoms with Crippen molar-refractivity contribution >= 4 is 5.78 Å². The second-order valence-electron chi connectivity index (χ2n) is 4.35. The molecule has 2 heteroatoms. The summed E-state index contributed by atoms with van der Waals surface area (Å²) in [5.41, 5.74) is 2.70. The van der Waals surface area contributed by atoms with E-state index < -0.39 is 0 Å². The molecule has 0 atom stereocenters. The minimum Gasteiger partial charge on any atom is -0.295 e. The van der Waals surface area contributed by atoms with Crippen LogP contribution in [0.1, 0.15) is 34.0 Å². The molecule has 0 aliphatic rings. The number of hydrogen-bond donors (Lipinski definition) is 0. The summed E-state index contributed by atoms with van der Waals surface area (Å²) in [6.45, 7) is 3.24. The van der Waals surface area contributed by atoms with E-state index in [-0.39, 0.29) is 11.6 Å². The Morgan fingerprint density at radius 3 is 2.16 bits per heavy atom. The number of ketones is 1. The molecule has 1 nitrogen and oxygen atoms in total. The van der Waals surface area contributed by atoms with Gasteiger partial charge in [-0.05, 0) is 43.7 Å². The Balaban J connectivity index is 2.23. The van der Waals surface area contributed by atoms with Gasteiger partial charge in [0, 0.05) is 16.7 Å². The molecule has 0 N–H and O–H groups in total. The van der Waals surface area contributed by atoms with Crippen LogP contribution in [0, 0.1) is 24.6 Å². The van der Waals surface area contributed by atoms with Crippen LogP contribution in [-0.4, -0.2) is 5.78 Å². The molecule has 0 fully saturated rings. The number of carbonyl (C=O) groups excluding carboxylic acids is 1. The van der Waals surface area contributed by atoms with E-state index >= 15 is 0 Å². The highest BCUT2D eigenvalue weighted by Crippen LogP contribution is 2.09. The van der Waals surface area contributed by atoms with Crippen molar-refractivity contribution in [2.75, 3.05) is 0 Å². The van der Waals surface area contributed by atoms with Gasteiger partial charge in [-0.15, -0.1) is 0 Å².